The summed E-state index contributed by atoms with van der Waals surface area (Å²) >= 11 is 1.77. The molecule has 1 atom stereocenters. The average Bonchev–Trinajstić information content (AvgIpc) is 2.39. The molecule has 1 aromatic rings. The SMILES string of the molecule is CCOc1cncc(N2CCSCC2CC(=O)O)n1. The minimum Gasteiger partial charge on any atom is -0.481 e. The second-order valence-corrected chi connectivity index (χ2v) is 5.32. The second kappa shape index (κ2) is 6.60. The first-order chi connectivity index (χ1) is 9.20. The maximum Gasteiger partial charge on any atom is 0.305 e. The van der Waals surface area contributed by atoms with E-state index in [1.807, 2.05) is 11.8 Å². The van der Waals surface area contributed by atoms with Crippen molar-refractivity contribution in [2.45, 2.75) is 19.4 Å². The summed E-state index contributed by atoms with van der Waals surface area (Å²) in [6.45, 7) is 3.21. The topological polar surface area (TPSA) is 75.5 Å². The van der Waals surface area contributed by atoms with Crippen LogP contribution in [0.3, 0.4) is 0 Å². The Morgan fingerprint density at radius 3 is 3.21 bits per heavy atom. The van der Waals surface area contributed by atoms with E-state index in [-0.39, 0.29) is 12.5 Å². The van der Waals surface area contributed by atoms with E-state index in [0.717, 1.165) is 18.1 Å². The number of ether oxygens (including phenoxy) is 1. The van der Waals surface area contributed by atoms with Crippen molar-refractivity contribution in [3.05, 3.63) is 12.4 Å². The first-order valence-electron chi connectivity index (χ1n) is 6.21. The van der Waals surface area contributed by atoms with Crippen LogP contribution in [-0.4, -0.2) is 51.7 Å². The third kappa shape index (κ3) is 3.73. The molecule has 0 amide bonds. The number of hydrogen-bond acceptors (Lipinski definition) is 6. The van der Waals surface area contributed by atoms with Gasteiger partial charge in [0.25, 0.3) is 0 Å². The van der Waals surface area contributed by atoms with Gasteiger partial charge in [-0.15, -0.1) is 0 Å². The molecule has 6 nitrogen and oxygen atoms in total. The predicted octanol–water partition coefficient (Wildman–Crippen LogP) is 1.27. The van der Waals surface area contributed by atoms with Crippen molar-refractivity contribution >= 4 is 23.5 Å². The smallest absolute Gasteiger partial charge is 0.305 e. The van der Waals surface area contributed by atoms with Crippen molar-refractivity contribution in [2.75, 3.05) is 29.6 Å². The number of thioether (sulfide) groups is 1. The summed E-state index contributed by atoms with van der Waals surface area (Å²) in [5, 5.41) is 8.97. The van der Waals surface area contributed by atoms with E-state index in [4.69, 9.17) is 9.84 Å². The zero-order valence-electron chi connectivity index (χ0n) is 10.8. The molecule has 2 rings (SSSR count). The van der Waals surface area contributed by atoms with E-state index in [0.29, 0.717) is 18.3 Å². The Kier molecular flexibility index (Phi) is 4.84. The fraction of sp³-hybridized carbons (Fsp3) is 0.583. The number of carbonyl (C=O) groups is 1. The molecule has 1 saturated heterocycles. The molecule has 0 saturated carbocycles. The van der Waals surface area contributed by atoms with E-state index < -0.39 is 5.97 Å². The van der Waals surface area contributed by atoms with Gasteiger partial charge in [-0.25, -0.2) is 0 Å². The van der Waals surface area contributed by atoms with Gasteiger partial charge in [-0.1, -0.05) is 0 Å². The maximum atomic E-state index is 10.9. The second-order valence-electron chi connectivity index (χ2n) is 4.17. The molecular formula is C12H17N3O3S. The summed E-state index contributed by atoms with van der Waals surface area (Å²) in [4.78, 5) is 21.4. The Labute approximate surface area is 116 Å². The Morgan fingerprint density at radius 2 is 2.47 bits per heavy atom. The molecule has 1 unspecified atom stereocenters. The zero-order valence-corrected chi connectivity index (χ0v) is 11.6. The van der Waals surface area contributed by atoms with Crippen molar-refractivity contribution in [3.8, 4) is 5.88 Å². The number of aliphatic carboxylic acids is 1. The molecule has 1 N–H and O–H groups in total. The van der Waals surface area contributed by atoms with Crippen LogP contribution >= 0.6 is 11.8 Å². The van der Waals surface area contributed by atoms with E-state index in [1.54, 1.807) is 24.2 Å². The Hall–Kier alpha value is -1.50. The van der Waals surface area contributed by atoms with Gasteiger partial charge in [0.05, 0.1) is 25.4 Å². The van der Waals surface area contributed by atoms with Crippen LogP contribution in [0.2, 0.25) is 0 Å². The van der Waals surface area contributed by atoms with Gasteiger partial charge in [-0.05, 0) is 6.92 Å². The molecule has 1 aromatic heterocycles. The van der Waals surface area contributed by atoms with Crippen molar-refractivity contribution in [1.82, 2.24) is 9.97 Å². The molecule has 1 aliphatic rings. The van der Waals surface area contributed by atoms with Crippen LogP contribution in [0.25, 0.3) is 0 Å². The van der Waals surface area contributed by atoms with Gasteiger partial charge < -0.3 is 14.7 Å². The predicted molar refractivity (Wildman–Crippen MR) is 73.9 cm³/mol. The number of carboxylic acids is 1. The van der Waals surface area contributed by atoms with Crippen molar-refractivity contribution in [3.63, 3.8) is 0 Å². The number of aromatic nitrogens is 2. The van der Waals surface area contributed by atoms with Crippen LogP contribution in [0.15, 0.2) is 12.4 Å². The number of carboxylic acid groups (broad SMARTS) is 1. The molecule has 19 heavy (non-hydrogen) atoms. The number of rotatable bonds is 5. The van der Waals surface area contributed by atoms with Crippen LogP contribution in [0, 0.1) is 0 Å². The fourth-order valence-electron chi connectivity index (χ4n) is 2.02. The van der Waals surface area contributed by atoms with Gasteiger partial charge in [-0.3, -0.25) is 9.78 Å². The summed E-state index contributed by atoms with van der Waals surface area (Å²) < 4.78 is 5.33. The van der Waals surface area contributed by atoms with E-state index in [1.165, 1.54) is 0 Å². The van der Waals surface area contributed by atoms with Crippen molar-refractivity contribution < 1.29 is 14.6 Å². The van der Waals surface area contributed by atoms with Crippen LogP contribution in [0.4, 0.5) is 5.82 Å². The molecule has 0 aliphatic carbocycles. The molecule has 0 spiro atoms. The Bertz CT molecular complexity index is 444. The molecule has 7 heteroatoms. The minimum absolute atomic E-state index is 0.0394. The third-order valence-electron chi connectivity index (χ3n) is 2.82. The molecule has 1 fully saturated rings. The molecule has 1 aliphatic heterocycles. The van der Waals surface area contributed by atoms with Crippen LogP contribution in [-0.2, 0) is 4.79 Å². The van der Waals surface area contributed by atoms with Crippen LogP contribution in [0.1, 0.15) is 13.3 Å². The van der Waals surface area contributed by atoms with Crippen LogP contribution in [0.5, 0.6) is 5.88 Å². The minimum atomic E-state index is -0.786. The van der Waals surface area contributed by atoms with E-state index >= 15 is 0 Å². The lowest BCUT2D eigenvalue weighted by Crippen LogP contribution is -2.44. The van der Waals surface area contributed by atoms with Crippen molar-refractivity contribution in [2.24, 2.45) is 0 Å². The molecule has 2 heterocycles. The fourth-order valence-corrected chi connectivity index (χ4v) is 3.08. The highest BCUT2D eigenvalue weighted by Crippen LogP contribution is 2.25. The first-order valence-corrected chi connectivity index (χ1v) is 7.37. The van der Waals surface area contributed by atoms with Gasteiger partial charge in [0.2, 0.25) is 5.88 Å². The van der Waals surface area contributed by atoms with E-state index in [2.05, 4.69) is 9.97 Å². The van der Waals surface area contributed by atoms with Crippen LogP contribution < -0.4 is 9.64 Å². The standard InChI is InChI=1S/C12H17N3O3S/c1-2-18-11-7-13-6-10(14-11)15-3-4-19-8-9(15)5-12(16)17/h6-7,9H,2-5,8H2,1H3,(H,16,17). The maximum absolute atomic E-state index is 10.9. The van der Waals surface area contributed by atoms with Gasteiger partial charge in [0, 0.05) is 24.1 Å². The van der Waals surface area contributed by atoms with Gasteiger partial charge in [0.15, 0.2) is 5.82 Å². The Balaban J connectivity index is 2.16. The normalized spacial score (nSPS) is 19.2. The number of hydrogen-bond donors (Lipinski definition) is 1. The average molecular weight is 283 g/mol. The van der Waals surface area contributed by atoms with Gasteiger partial charge in [-0.2, -0.15) is 16.7 Å². The molecule has 0 bridgehead atoms. The molecule has 0 radical (unpaired) electrons. The summed E-state index contributed by atoms with van der Waals surface area (Å²) in [5.74, 6) is 2.15. The van der Waals surface area contributed by atoms with Gasteiger partial charge >= 0.3 is 5.97 Å². The molecule has 104 valence electrons. The van der Waals surface area contributed by atoms with Gasteiger partial charge in [0.1, 0.15) is 0 Å². The lowest BCUT2D eigenvalue weighted by atomic mass is 10.2. The largest absolute Gasteiger partial charge is 0.481 e. The Morgan fingerprint density at radius 1 is 1.63 bits per heavy atom. The highest BCUT2D eigenvalue weighted by Gasteiger charge is 2.26. The monoisotopic (exact) mass is 283 g/mol. The summed E-state index contributed by atoms with van der Waals surface area (Å²) in [6.07, 6.45) is 3.35. The lowest BCUT2D eigenvalue weighted by Gasteiger charge is -2.35. The zero-order chi connectivity index (χ0) is 13.7. The van der Waals surface area contributed by atoms with E-state index in [9.17, 15) is 4.79 Å². The molecular weight excluding hydrogens is 266 g/mol. The molecule has 0 aromatic carbocycles. The summed E-state index contributed by atoms with van der Waals surface area (Å²) in [5.41, 5.74) is 0. The number of anilines is 1. The highest BCUT2D eigenvalue weighted by molar-refractivity contribution is 7.99. The first kappa shape index (κ1) is 13.9. The summed E-state index contributed by atoms with van der Waals surface area (Å²) in [6, 6.07) is -0.0394. The number of nitrogens with zero attached hydrogens (tertiary/aromatic N) is 3. The van der Waals surface area contributed by atoms with Crippen molar-refractivity contribution in [1.29, 1.82) is 0 Å². The summed E-state index contributed by atoms with van der Waals surface area (Å²) in [7, 11) is 0. The lowest BCUT2D eigenvalue weighted by molar-refractivity contribution is -0.137. The third-order valence-corrected chi connectivity index (χ3v) is 3.92. The highest BCUT2D eigenvalue weighted by atomic mass is 32.2. The quantitative estimate of drug-likeness (QED) is 0.872.